The summed E-state index contributed by atoms with van der Waals surface area (Å²) in [6.45, 7) is 1.96. The minimum atomic E-state index is -1.03. The molecule has 11 heteroatoms. The highest BCUT2D eigenvalue weighted by Gasteiger charge is 2.52. The van der Waals surface area contributed by atoms with E-state index in [2.05, 4.69) is 15.5 Å². The van der Waals surface area contributed by atoms with Crippen LogP contribution in [-0.2, 0) is 21.0 Å². The van der Waals surface area contributed by atoms with E-state index in [1.807, 2.05) is 31.2 Å². The molecule has 1 aromatic heterocycles. The SMILES string of the molecule is CCS(=O)c1ccc(N(C)CC(=O)Nc2cc(Cl)c(C3(c4noc(-c5ccc(F)cc5)n4)CC3)c(Cl)c2)cc1. The molecule has 1 N–H and O–H groups in total. The summed E-state index contributed by atoms with van der Waals surface area (Å²) in [6.07, 6.45) is 1.46. The number of carbonyl (C=O) groups excluding carboxylic acids is 1. The average Bonchev–Trinajstić information content (AvgIpc) is 3.54. The Morgan fingerprint density at radius 1 is 1.10 bits per heavy atom. The number of benzene rings is 3. The number of anilines is 2. The average molecular weight is 588 g/mol. The van der Waals surface area contributed by atoms with Crippen LogP contribution in [0.4, 0.5) is 15.8 Å². The van der Waals surface area contributed by atoms with Crippen LogP contribution >= 0.6 is 23.2 Å². The first-order valence-corrected chi connectivity index (χ1v) is 14.4. The first-order chi connectivity index (χ1) is 18.7. The maximum atomic E-state index is 13.3. The Kier molecular flexibility index (Phi) is 7.75. The molecular weight excluding hydrogens is 562 g/mol. The van der Waals surface area contributed by atoms with Crippen molar-refractivity contribution in [2.24, 2.45) is 0 Å². The van der Waals surface area contributed by atoms with Crippen LogP contribution in [0, 0.1) is 5.82 Å². The van der Waals surface area contributed by atoms with E-state index in [0.29, 0.717) is 38.4 Å². The number of rotatable bonds is 9. The maximum absolute atomic E-state index is 13.3. The van der Waals surface area contributed by atoms with E-state index in [9.17, 15) is 13.4 Å². The summed E-state index contributed by atoms with van der Waals surface area (Å²) < 4.78 is 30.7. The fourth-order valence-corrected chi connectivity index (χ4v) is 6.09. The van der Waals surface area contributed by atoms with Crippen LogP contribution in [0.15, 0.2) is 70.1 Å². The summed E-state index contributed by atoms with van der Waals surface area (Å²) >= 11 is 13.4. The number of likely N-dealkylation sites (N-methyl/N-ethyl adjacent to an activating group) is 1. The molecule has 1 saturated carbocycles. The number of nitrogens with one attached hydrogen (secondary N) is 1. The van der Waals surface area contributed by atoms with Crippen LogP contribution in [0.25, 0.3) is 11.5 Å². The van der Waals surface area contributed by atoms with Crippen LogP contribution in [-0.4, -0.2) is 39.6 Å². The molecule has 5 rings (SSSR count). The van der Waals surface area contributed by atoms with Gasteiger partial charge in [-0.05, 0) is 73.5 Å². The highest BCUT2D eigenvalue weighted by molar-refractivity contribution is 7.85. The Bertz CT molecular complexity index is 1520. The van der Waals surface area contributed by atoms with Gasteiger partial charge in [0.1, 0.15) is 5.82 Å². The van der Waals surface area contributed by atoms with Crippen LogP contribution in [0.3, 0.4) is 0 Å². The van der Waals surface area contributed by atoms with Gasteiger partial charge in [-0.15, -0.1) is 0 Å². The summed E-state index contributed by atoms with van der Waals surface area (Å²) in [5.74, 6) is 0.688. The van der Waals surface area contributed by atoms with Crippen LogP contribution in [0.2, 0.25) is 10.0 Å². The zero-order valence-electron chi connectivity index (χ0n) is 21.2. The van der Waals surface area contributed by atoms with E-state index >= 15 is 0 Å². The molecule has 0 saturated heterocycles. The van der Waals surface area contributed by atoms with Gasteiger partial charge < -0.3 is 14.7 Å². The molecule has 1 amide bonds. The van der Waals surface area contributed by atoms with Gasteiger partial charge in [0.15, 0.2) is 5.82 Å². The lowest BCUT2D eigenvalue weighted by atomic mass is 9.94. The van der Waals surface area contributed by atoms with Crippen LogP contribution in [0.1, 0.15) is 31.2 Å². The second-order valence-corrected chi connectivity index (χ2v) is 11.9. The molecule has 1 fully saturated rings. The zero-order chi connectivity index (χ0) is 27.7. The molecule has 0 radical (unpaired) electrons. The molecule has 1 unspecified atom stereocenters. The van der Waals surface area contributed by atoms with Gasteiger partial charge in [-0.3, -0.25) is 9.00 Å². The van der Waals surface area contributed by atoms with E-state index in [1.54, 1.807) is 36.2 Å². The maximum Gasteiger partial charge on any atom is 0.257 e. The van der Waals surface area contributed by atoms with E-state index in [0.717, 1.165) is 23.4 Å². The summed E-state index contributed by atoms with van der Waals surface area (Å²) in [6, 6.07) is 16.4. The Hall–Kier alpha value is -3.27. The molecule has 0 aliphatic heterocycles. The highest BCUT2D eigenvalue weighted by Crippen LogP contribution is 2.57. The van der Waals surface area contributed by atoms with E-state index < -0.39 is 16.2 Å². The van der Waals surface area contributed by atoms with Crippen LogP contribution in [0.5, 0.6) is 0 Å². The standard InChI is InChI=1S/C28H25Cl2FN4O3S/c1-3-39(37)21-10-8-20(9-11-21)35(2)16-24(36)32-19-14-22(29)25(23(30)15-19)28(12-13-28)27-33-26(38-34-27)17-4-6-18(31)7-5-17/h4-11,14-15H,3,12-13,16H2,1-2H3,(H,32,36). The Labute approximate surface area is 237 Å². The number of nitrogens with zero attached hydrogens (tertiary/aromatic N) is 3. The molecular formula is C28H25Cl2FN4O3S. The Morgan fingerprint density at radius 2 is 1.74 bits per heavy atom. The minimum Gasteiger partial charge on any atom is -0.365 e. The van der Waals surface area contributed by atoms with E-state index in [-0.39, 0.29) is 24.2 Å². The lowest BCUT2D eigenvalue weighted by Crippen LogP contribution is -2.30. The van der Waals surface area contributed by atoms with Gasteiger partial charge in [0.2, 0.25) is 5.91 Å². The number of carbonyl (C=O) groups is 1. The van der Waals surface area contributed by atoms with Gasteiger partial charge >= 0.3 is 0 Å². The molecule has 0 bridgehead atoms. The minimum absolute atomic E-state index is 0.0894. The van der Waals surface area contributed by atoms with Gasteiger partial charge in [-0.25, -0.2) is 4.39 Å². The van der Waals surface area contributed by atoms with Gasteiger partial charge in [0.05, 0.1) is 22.8 Å². The summed E-state index contributed by atoms with van der Waals surface area (Å²) in [5, 5.41) is 7.79. The summed E-state index contributed by atoms with van der Waals surface area (Å²) in [7, 11) is 0.775. The van der Waals surface area contributed by atoms with Crippen molar-refractivity contribution in [3.63, 3.8) is 0 Å². The van der Waals surface area contributed by atoms with Gasteiger partial charge in [0, 0.05) is 50.2 Å². The fourth-order valence-electron chi connectivity index (χ4n) is 4.47. The molecule has 7 nitrogen and oxygen atoms in total. The van der Waals surface area contributed by atoms with Crippen molar-refractivity contribution in [2.75, 3.05) is 29.6 Å². The molecule has 4 aromatic rings. The van der Waals surface area contributed by atoms with Crippen molar-refractivity contribution in [1.82, 2.24) is 10.1 Å². The third-order valence-corrected chi connectivity index (χ3v) is 8.60. The van der Waals surface area contributed by atoms with Crippen molar-refractivity contribution < 1.29 is 17.9 Å². The smallest absolute Gasteiger partial charge is 0.257 e. The monoisotopic (exact) mass is 586 g/mol. The van der Waals surface area contributed by atoms with Crippen molar-refractivity contribution in [3.05, 3.63) is 87.9 Å². The normalized spacial score (nSPS) is 14.6. The molecule has 3 aromatic carbocycles. The lowest BCUT2D eigenvalue weighted by molar-refractivity contribution is -0.114. The largest absolute Gasteiger partial charge is 0.365 e. The lowest BCUT2D eigenvalue weighted by Gasteiger charge is -2.20. The molecule has 1 aliphatic carbocycles. The number of hydrogen-bond donors (Lipinski definition) is 1. The van der Waals surface area contributed by atoms with Gasteiger partial charge in [0.25, 0.3) is 5.89 Å². The molecule has 0 spiro atoms. The van der Waals surface area contributed by atoms with Crippen molar-refractivity contribution in [2.45, 2.75) is 30.1 Å². The van der Waals surface area contributed by atoms with E-state index in [4.69, 9.17) is 27.7 Å². The Morgan fingerprint density at radius 3 is 2.33 bits per heavy atom. The summed E-state index contributed by atoms with van der Waals surface area (Å²) in [4.78, 5) is 19.9. The number of amides is 1. The molecule has 1 aliphatic rings. The fraction of sp³-hybridized carbons (Fsp3) is 0.250. The predicted molar refractivity (Wildman–Crippen MR) is 151 cm³/mol. The van der Waals surface area contributed by atoms with Gasteiger partial charge in [-0.2, -0.15) is 4.98 Å². The van der Waals surface area contributed by atoms with Crippen molar-refractivity contribution in [3.8, 4) is 11.5 Å². The second-order valence-electron chi connectivity index (χ2n) is 9.36. The molecule has 202 valence electrons. The third kappa shape index (κ3) is 5.71. The first-order valence-electron chi connectivity index (χ1n) is 12.3. The van der Waals surface area contributed by atoms with Crippen molar-refractivity contribution >= 4 is 51.3 Å². The second kappa shape index (κ2) is 11.1. The highest BCUT2D eigenvalue weighted by atomic mass is 35.5. The van der Waals surface area contributed by atoms with Crippen LogP contribution < -0.4 is 10.2 Å². The zero-order valence-corrected chi connectivity index (χ0v) is 23.5. The summed E-state index contributed by atoms with van der Waals surface area (Å²) in [5.41, 5.74) is 1.99. The molecule has 1 heterocycles. The number of halogens is 3. The third-order valence-electron chi connectivity index (χ3n) is 6.68. The topological polar surface area (TPSA) is 88.3 Å². The van der Waals surface area contributed by atoms with Gasteiger partial charge in [-0.1, -0.05) is 35.3 Å². The van der Waals surface area contributed by atoms with Crippen molar-refractivity contribution in [1.29, 1.82) is 0 Å². The number of hydrogen-bond acceptors (Lipinski definition) is 6. The quantitative estimate of drug-likeness (QED) is 0.242. The first kappa shape index (κ1) is 27.3. The molecule has 39 heavy (non-hydrogen) atoms. The Balaban J connectivity index is 1.29. The predicted octanol–water partition coefficient (Wildman–Crippen LogP) is 6.46. The number of aromatic nitrogens is 2. The van der Waals surface area contributed by atoms with E-state index in [1.165, 1.54) is 12.1 Å². The molecule has 1 atom stereocenters.